The van der Waals surface area contributed by atoms with E-state index in [0.29, 0.717) is 11.6 Å². The van der Waals surface area contributed by atoms with Crippen LogP contribution in [-0.4, -0.2) is 12.0 Å². The molecule has 1 aromatic carbocycles. The van der Waals surface area contributed by atoms with Crippen molar-refractivity contribution in [1.29, 1.82) is 0 Å². The summed E-state index contributed by atoms with van der Waals surface area (Å²) in [7, 11) is 0. The number of carbonyl (C=O) groups excluding carboxylic acids is 1. The molecule has 16 heavy (non-hydrogen) atoms. The molecule has 4 heteroatoms. The second kappa shape index (κ2) is 5.17. The molecule has 0 unspecified atom stereocenters. The summed E-state index contributed by atoms with van der Waals surface area (Å²) >= 11 is 0. The molecular weight excluding hydrogens is 217 g/mol. The molecule has 0 saturated carbocycles. The molecule has 1 aromatic rings. The van der Waals surface area contributed by atoms with Crippen molar-refractivity contribution in [2.24, 2.45) is 0 Å². The summed E-state index contributed by atoms with van der Waals surface area (Å²) in [6.45, 7) is 0. The van der Waals surface area contributed by atoms with Crippen LogP contribution < -0.4 is 0 Å². The van der Waals surface area contributed by atoms with Gasteiger partial charge in [0.15, 0.2) is 0 Å². The van der Waals surface area contributed by atoms with E-state index in [2.05, 4.69) is 11.8 Å². The van der Waals surface area contributed by atoms with Crippen molar-refractivity contribution < 1.29 is 18.0 Å². The van der Waals surface area contributed by atoms with Gasteiger partial charge in [-0.15, -0.1) is 0 Å². The standard InChI is InChI=1S/C12H7F3O/c13-12(14,15)11(16)9-5-4-8-10-6-2-1-3-7-10/h1-3,5-7,9H/b9-5+. The summed E-state index contributed by atoms with van der Waals surface area (Å²) < 4.78 is 35.3. The Bertz CT molecular complexity index is 447. The maximum absolute atomic E-state index is 11.8. The molecule has 0 saturated heterocycles. The number of rotatable bonds is 1. The highest BCUT2D eigenvalue weighted by Crippen LogP contribution is 2.16. The number of alkyl halides is 3. The van der Waals surface area contributed by atoms with E-state index in [1.807, 2.05) is 0 Å². The third kappa shape index (κ3) is 4.01. The predicted molar refractivity (Wildman–Crippen MR) is 53.5 cm³/mol. The van der Waals surface area contributed by atoms with E-state index in [0.717, 1.165) is 6.08 Å². The van der Waals surface area contributed by atoms with E-state index < -0.39 is 12.0 Å². The number of ketones is 1. The summed E-state index contributed by atoms with van der Waals surface area (Å²) in [6.07, 6.45) is -3.52. The molecule has 0 amide bonds. The fourth-order valence-corrected chi connectivity index (χ4v) is 0.858. The molecule has 0 N–H and O–H groups in total. The van der Waals surface area contributed by atoms with Gasteiger partial charge in [-0.05, 0) is 24.3 Å². The van der Waals surface area contributed by atoms with E-state index in [4.69, 9.17) is 0 Å². The zero-order chi connectivity index (χ0) is 12.0. The van der Waals surface area contributed by atoms with Gasteiger partial charge in [0.05, 0.1) is 0 Å². The average Bonchev–Trinajstić information content (AvgIpc) is 2.24. The van der Waals surface area contributed by atoms with E-state index in [1.54, 1.807) is 30.3 Å². The number of hydrogen-bond donors (Lipinski definition) is 0. The molecule has 0 fully saturated rings. The SMILES string of the molecule is O=C(/C=C/C#Cc1ccccc1)C(F)(F)F. The Labute approximate surface area is 90.6 Å². The van der Waals surface area contributed by atoms with Crippen LogP contribution in [0.2, 0.25) is 0 Å². The molecule has 0 aliphatic rings. The highest BCUT2D eigenvalue weighted by Gasteiger charge is 2.35. The van der Waals surface area contributed by atoms with Crippen molar-refractivity contribution >= 4 is 5.78 Å². The first kappa shape index (κ1) is 12.1. The van der Waals surface area contributed by atoms with Crippen LogP contribution >= 0.6 is 0 Å². The molecule has 1 nitrogen and oxygen atoms in total. The van der Waals surface area contributed by atoms with Crippen LogP contribution in [0.3, 0.4) is 0 Å². The highest BCUT2D eigenvalue weighted by molar-refractivity contribution is 5.94. The first-order valence-electron chi connectivity index (χ1n) is 4.34. The minimum atomic E-state index is -4.83. The lowest BCUT2D eigenvalue weighted by atomic mass is 10.2. The summed E-state index contributed by atoms with van der Waals surface area (Å²) in [5.41, 5.74) is 0.673. The molecular formula is C12H7F3O. The van der Waals surface area contributed by atoms with Gasteiger partial charge in [0.1, 0.15) is 0 Å². The number of carbonyl (C=O) groups is 1. The van der Waals surface area contributed by atoms with Crippen molar-refractivity contribution in [2.45, 2.75) is 6.18 Å². The molecule has 1 rings (SSSR count). The molecule has 0 spiro atoms. The Balaban J connectivity index is 2.63. The Morgan fingerprint density at radius 3 is 2.38 bits per heavy atom. The molecule has 0 aromatic heterocycles. The molecule has 0 bridgehead atoms. The average molecular weight is 224 g/mol. The van der Waals surface area contributed by atoms with Gasteiger partial charge in [0.2, 0.25) is 0 Å². The number of hydrogen-bond acceptors (Lipinski definition) is 1. The van der Waals surface area contributed by atoms with Gasteiger partial charge < -0.3 is 0 Å². The normalized spacial score (nSPS) is 10.9. The van der Waals surface area contributed by atoms with Gasteiger partial charge in [-0.25, -0.2) is 0 Å². The number of halogens is 3. The van der Waals surface area contributed by atoms with E-state index in [-0.39, 0.29) is 0 Å². The van der Waals surface area contributed by atoms with Crippen molar-refractivity contribution in [3.8, 4) is 11.8 Å². The van der Waals surface area contributed by atoms with Crippen molar-refractivity contribution in [1.82, 2.24) is 0 Å². The van der Waals surface area contributed by atoms with Gasteiger partial charge in [0.25, 0.3) is 5.78 Å². The van der Waals surface area contributed by atoms with Crippen LogP contribution in [0.5, 0.6) is 0 Å². The third-order valence-corrected chi connectivity index (χ3v) is 1.59. The number of benzene rings is 1. The second-order valence-electron chi connectivity index (χ2n) is 2.83. The van der Waals surface area contributed by atoms with Crippen LogP contribution in [0.25, 0.3) is 0 Å². The van der Waals surface area contributed by atoms with Gasteiger partial charge in [-0.2, -0.15) is 13.2 Å². The monoisotopic (exact) mass is 224 g/mol. The lowest BCUT2D eigenvalue weighted by Gasteiger charge is -1.97. The summed E-state index contributed by atoms with van der Waals surface area (Å²) in [5, 5.41) is 0. The summed E-state index contributed by atoms with van der Waals surface area (Å²) in [6, 6.07) is 8.75. The molecule has 0 aliphatic heterocycles. The molecule has 0 heterocycles. The molecule has 0 radical (unpaired) electrons. The summed E-state index contributed by atoms with van der Waals surface area (Å²) in [4.78, 5) is 10.4. The minimum Gasteiger partial charge on any atom is -0.285 e. The van der Waals surface area contributed by atoms with Crippen molar-refractivity contribution in [3.63, 3.8) is 0 Å². The third-order valence-electron chi connectivity index (χ3n) is 1.59. The maximum atomic E-state index is 11.8. The lowest BCUT2D eigenvalue weighted by molar-refractivity contribution is -0.165. The van der Waals surface area contributed by atoms with Gasteiger partial charge >= 0.3 is 6.18 Å². The van der Waals surface area contributed by atoms with E-state index in [1.165, 1.54) is 0 Å². The zero-order valence-corrected chi connectivity index (χ0v) is 8.08. The Morgan fingerprint density at radius 1 is 1.19 bits per heavy atom. The maximum Gasteiger partial charge on any atom is 0.454 e. The van der Waals surface area contributed by atoms with Gasteiger partial charge in [-0.1, -0.05) is 30.0 Å². The second-order valence-corrected chi connectivity index (χ2v) is 2.83. The van der Waals surface area contributed by atoms with Gasteiger partial charge in [0, 0.05) is 5.56 Å². The predicted octanol–water partition coefficient (Wildman–Crippen LogP) is 2.73. The van der Waals surface area contributed by atoms with Crippen molar-refractivity contribution in [2.75, 3.05) is 0 Å². The van der Waals surface area contributed by atoms with E-state index in [9.17, 15) is 18.0 Å². The fraction of sp³-hybridized carbons (Fsp3) is 0.0833. The minimum absolute atomic E-state index is 0.413. The Morgan fingerprint density at radius 2 is 1.81 bits per heavy atom. The summed E-state index contributed by atoms with van der Waals surface area (Å²) in [5.74, 6) is 3.04. The Hall–Kier alpha value is -2.02. The first-order chi connectivity index (χ1) is 7.50. The van der Waals surface area contributed by atoms with Crippen LogP contribution in [0.1, 0.15) is 5.56 Å². The van der Waals surface area contributed by atoms with Crippen LogP contribution in [-0.2, 0) is 4.79 Å². The molecule has 82 valence electrons. The Kier molecular flexibility index (Phi) is 3.90. The van der Waals surface area contributed by atoms with Crippen molar-refractivity contribution in [3.05, 3.63) is 48.0 Å². The van der Waals surface area contributed by atoms with Gasteiger partial charge in [-0.3, -0.25) is 4.79 Å². The number of allylic oxidation sites excluding steroid dienone is 2. The topological polar surface area (TPSA) is 17.1 Å². The molecule has 0 aliphatic carbocycles. The van der Waals surface area contributed by atoms with Crippen LogP contribution in [0.4, 0.5) is 13.2 Å². The van der Waals surface area contributed by atoms with Crippen LogP contribution in [0.15, 0.2) is 42.5 Å². The zero-order valence-electron chi connectivity index (χ0n) is 8.08. The lowest BCUT2D eigenvalue weighted by Crippen LogP contribution is -2.19. The van der Waals surface area contributed by atoms with Crippen LogP contribution in [0, 0.1) is 11.8 Å². The molecule has 0 atom stereocenters. The largest absolute Gasteiger partial charge is 0.454 e. The fourth-order valence-electron chi connectivity index (χ4n) is 0.858. The highest BCUT2D eigenvalue weighted by atomic mass is 19.4. The quantitative estimate of drug-likeness (QED) is 0.529. The smallest absolute Gasteiger partial charge is 0.285 e. The van der Waals surface area contributed by atoms with E-state index >= 15 is 0 Å². The first-order valence-corrected chi connectivity index (χ1v) is 4.34.